The predicted molar refractivity (Wildman–Crippen MR) is 253 cm³/mol. The number of hydrogen-bond acceptors (Lipinski definition) is 3. The van der Waals surface area contributed by atoms with E-state index in [1.54, 1.807) is 0 Å². The first-order valence-corrected chi connectivity index (χ1v) is 21.0. The van der Waals surface area contributed by atoms with Crippen molar-refractivity contribution in [2.24, 2.45) is 4.99 Å². The lowest BCUT2D eigenvalue weighted by atomic mass is 9.95. The minimum absolute atomic E-state index is 0.0000467. The molecule has 61 heavy (non-hydrogen) atoms. The van der Waals surface area contributed by atoms with E-state index in [0.717, 1.165) is 51.3 Å². The molecule has 2 heterocycles. The van der Waals surface area contributed by atoms with E-state index in [1.165, 1.54) is 54.5 Å². The molecule has 1 unspecified atom stereocenters. The summed E-state index contributed by atoms with van der Waals surface area (Å²) in [5.74, 6) is 1.64. The highest BCUT2D eigenvalue weighted by Gasteiger charge is 2.29. The molecule has 10 aromatic rings. The second-order valence-electron chi connectivity index (χ2n) is 15.8. The van der Waals surface area contributed by atoms with Crippen LogP contribution < -0.4 is 15.3 Å². The number of benzene rings is 9. The van der Waals surface area contributed by atoms with Crippen molar-refractivity contribution in [3.63, 3.8) is 0 Å². The van der Waals surface area contributed by atoms with Gasteiger partial charge in [-0.2, -0.15) is 0 Å². The van der Waals surface area contributed by atoms with Crippen molar-refractivity contribution < 1.29 is 4.74 Å². The van der Waals surface area contributed by atoms with Crippen LogP contribution in [0.3, 0.4) is 0 Å². The number of ether oxygens (including phenoxy) is 1. The van der Waals surface area contributed by atoms with Crippen LogP contribution in [0.1, 0.15) is 12.0 Å². The van der Waals surface area contributed by atoms with Crippen LogP contribution in [0.5, 0.6) is 0 Å². The van der Waals surface area contributed by atoms with Gasteiger partial charge in [-0.05, 0) is 117 Å². The van der Waals surface area contributed by atoms with Gasteiger partial charge in [0.05, 0.1) is 11.0 Å². The molecule has 1 aliphatic carbocycles. The van der Waals surface area contributed by atoms with Gasteiger partial charge in [0, 0.05) is 44.3 Å². The number of rotatable bonds is 7. The first kappa shape index (κ1) is 35.0. The largest absolute Gasteiger partial charge is 0.440 e. The van der Waals surface area contributed by atoms with Crippen LogP contribution in [0.4, 0.5) is 17.1 Å². The second kappa shape index (κ2) is 14.4. The maximum atomic E-state index is 6.50. The van der Waals surface area contributed by atoms with Gasteiger partial charge in [-0.25, -0.2) is 4.99 Å². The standard InChI is InChI=1S/C57H39N3O/c1-3-14-41(15-4-1)57-58-53-35-34-49-48(22-12-23-51(49)56(53)61-57)40-27-31-44(32-28-40)59(43-29-25-39(26-30-43)47-21-11-16-38-13-7-8-19-46(38)47)45-33-36-55-52(37-45)50-20-9-10-24-54(50)60(55)42-17-5-2-6-18-42/h1-34,36-37,53H,35H2. The Balaban J connectivity index is 0.971. The normalized spacial score (nSPS) is 14.3. The van der Waals surface area contributed by atoms with E-state index in [-0.39, 0.29) is 6.04 Å². The topological polar surface area (TPSA) is 29.8 Å². The lowest BCUT2D eigenvalue weighted by Crippen LogP contribution is -2.35. The minimum Gasteiger partial charge on any atom is -0.440 e. The fourth-order valence-electron chi connectivity index (χ4n) is 9.45. The summed E-state index contributed by atoms with van der Waals surface area (Å²) in [6.07, 6.45) is 3.14. The Bertz CT molecular complexity index is 3450. The van der Waals surface area contributed by atoms with Crippen LogP contribution >= 0.6 is 0 Å². The van der Waals surface area contributed by atoms with Crippen LogP contribution in [-0.2, 0) is 4.74 Å². The molecule has 0 N–H and O–H groups in total. The molecule has 0 radical (unpaired) electrons. The molecule has 9 aromatic carbocycles. The van der Waals surface area contributed by atoms with Crippen molar-refractivity contribution in [2.75, 3.05) is 4.90 Å². The van der Waals surface area contributed by atoms with Crippen molar-refractivity contribution in [1.29, 1.82) is 0 Å². The van der Waals surface area contributed by atoms with Crippen molar-refractivity contribution >= 4 is 67.4 Å². The Labute approximate surface area is 353 Å². The van der Waals surface area contributed by atoms with Gasteiger partial charge in [0.25, 0.3) is 0 Å². The lowest BCUT2D eigenvalue weighted by molar-refractivity contribution is 0.501. The highest BCUT2D eigenvalue weighted by atomic mass is 16.5. The van der Waals surface area contributed by atoms with E-state index in [2.05, 4.69) is 210 Å². The molecular weight excluding hydrogens is 743 g/mol. The summed E-state index contributed by atoms with van der Waals surface area (Å²) in [6.45, 7) is 0. The summed E-state index contributed by atoms with van der Waals surface area (Å²) >= 11 is 0. The lowest BCUT2D eigenvalue weighted by Gasteiger charge is -2.26. The van der Waals surface area contributed by atoms with Crippen molar-refractivity contribution in [1.82, 2.24) is 4.57 Å². The third-order valence-corrected chi connectivity index (χ3v) is 12.3. The van der Waals surface area contributed by atoms with Gasteiger partial charge < -0.3 is 14.2 Å². The quantitative estimate of drug-likeness (QED) is 0.161. The fourth-order valence-corrected chi connectivity index (χ4v) is 9.45. The Morgan fingerprint density at radius 2 is 1.08 bits per heavy atom. The van der Waals surface area contributed by atoms with Gasteiger partial charge in [0.1, 0.15) is 11.8 Å². The average molecular weight is 782 g/mol. The second-order valence-corrected chi connectivity index (χ2v) is 15.8. The summed E-state index contributed by atoms with van der Waals surface area (Å²) in [4.78, 5) is 7.36. The molecule has 0 spiro atoms. The van der Waals surface area contributed by atoms with Crippen molar-refractivity contribution in [2.45, 2.75) is 12.5 Å². The number of aromatic nitrogens is 1. The molecule has 2 aliphatic rings. The van der Waals surface area contributed by atoms with Crippen LogP contribution in [0.2, 0.25) is 0 Å². The van der Waals surface area contributed by atoms with E-state index in [4.69, 9.17) is 9.73 Å². The molecule has 0 bridgehead atoms. The van der Waals surface area contributed by atoms with E-state index >= 15 is 0 Å². The van der Waals surface area contributed by atoms with Gasteiger partial charge in [-0.15, -0.1) is 0 Å². The molecular formula is C57H39N3O. The van der Waals surface area contributed by atoms with E-state index in [1.807, 2.05) is 18.2 Å². The first-order valence-electron chi connectivity index (χ1n) is 21.0. The molecule has 1 aliphatic heterocycles. The molecule has 0 saturated heterocycles. The van der Waals surface area contributed by atoms with Crippen LogP contribution in [0.15, 0.2) is 217 Å². The van der Waals surface area contributed by atoms with Gasteiger partial charge in [-0.3, -0.25) is 0 Å². The minimum atomic E-state index is -0.0000467. The molecule has 4 nitrogen and oxygen atoms in total. The number of para-hydroxylation sites is 2. The summed E-state index contributed by atoms with van der Waals surface area (Å²) in [7, 11) is 0. The fraction of sp³-hybridized carbons (Fsp3) is 0.0351. The van der Waals surface area contributed by atoms with E-state index in [9.17, 15) is 0 Å². The summed E-state index contributed by atoms with van der Waals surface area (Å²) < 4.78 is 8.87. The number of hydrogen-bond donors (Lipinski definition) is 0. The Morgan fingerprint density at radius 1 is 0.475 bits per heavy atom. The third kappa shape index (κ3) is 5.95. The smallest absolute Gasteiger partial charge is 0.222 e. The van der Waals surface area contributed by atoms with Gasteiger partial charge in [-0.1, -0.05) is 146 Å². The van der Waals surface area contributed by atoms with Gasteiger partial charge in [0.15, 0.2) is 0 Å². The molecule has 288 valence electrons. The molecule has 1 aromatic heterocycles. The zero-order valence-corrected chi connectivity index (χ0v) is 33.3. The number of fused-ring (bicyclic) bond motifs is 6. The summed E-state index contributed by atoms with van der Waals surface area (Å²) in [6, 6.07) is 76.2. The third-order valence-electron chi connectivity index (χ3n) is 12.3. The summed E-state index contributed by atoms with van der Waals surface area (Å²) in [5, 5.41) is 7.24. The zero-order valence-electron chi connectivity index (χ0n) is 33.3. The molecule has 12 rings (SSSR count). The summed E-state index contributed by atoms with van der Waals surface area (Å²) in [5.41, 5.74) is 12.5. The first-order chi connectivity index (χ1) is 30.2. The molecule has 0 amide bonds. The highest BCUT2D eigenvalue weighted by molar-refractivity contribution is 6.11. The molecule has 1 atom stereocenters. The number of aliphatic imine (C=N–C) groups is 1. The Kier molecular flexibility index (Phi) is 8.27. The van der Waals surface area contributed by atoms with Crippen LogP contribution in [0, 0.1) is 0 Å². The maximum absolute atomic E-state index is 6.50. The number of anilines is 3. The predicted octanol–water partition coefficient (Wildman–Crippen LogP) is 12.9. The van der Waals surface area contributed by atoms with Crippen molar-refractivity contribution in [3.05, 3.63) is 228 Å². The Hall–Kier alpha value is -7.95. The van der Waals surface area contributed by atoms with Gasteiger partial charge >= 0.3 is 0 Å². The zero-order chi connectivity index (χ0) is 40.3. The monoisotopic (exact) mass is 781 g/mol. The van der Waals surface area contributed by atoms with Crippen LogP contribution in [-0.4, -0.2) is 16.5 Å². The molecule has 0 fully saturated rings. The van der Waals surface area contributed by atoms with Gasteiger partial charge in [0.2, 0.25) is 5.90 Å². The number of nitrogens with zero attached hydrogens (tertiary/aromatic N) is 3. The SMILES string of the molecule is C1=c2c(-c3ccc(N(c4ccc(-c5cccc6ccccc56)cc4)c4ccc5c(c4)c4ccccc4n5-c4ccccc4)cc3)cccc2=C2OC(c3ccccc3)=NC2C1. The van der Waals surface area contributed by atoms with E-state index < -0.39 is 0 Å². The molecule has 0 saturated carbocycles. The van der Waals surface area contributed by atoms with E-state index in [0.29, 0.717) is 5.90 Å². The highest BCUT2D eigenvalue weighted by Crippen LogP contribution is 2.41. The van der Waals surface area contributed by atoms with Crippen molar-refractivity contribution in [3.8, 4) is 27.9 Å². The Morgan fingerprint density at radius 3 is 1.87 bits per heavy atom. The maximum Gasteiger partial charge on any atom is 0.222 e. The average Bonchev–Trinajstić information content (AvgIpc) is 3.93. The molecule has 4 heteroatoms. The van der Waals surface area contributed by atoms with Crippen LogP contribution in [0.25, 0.3) is 72.4 Å².